The smallest absolute Gasteiger partial charge is 0.0824 e. The first-order valence-corrected chi connectivity index (χ1v) is 4.31. The van der Waals surface area contributed by atoms with Gasteiger partial charge in [-0.1, -0.05) is 6.92 Å². The molecule has 3 heteroatoms. The Kier molecular flexibility index (Phi) is 1.64. The number of aryl methyl sites for hydroxylation is 1. The van der Waals surface area contributed by atoms with Crippen molar-refractivity contribution in [3.8, 4) is 0 Å². The van der Waals surface area contributed by atoms with Crippen LogP contribution >= 0.6 is 0 Å². The zero-order valence-electron chi connectivity index (χ0n) is 6.82. The molecule has 0 unspecified atom stereocenters. The van der Waals surface area contributed by atoms with E-state index in [9.17, 15) is 0 Å². The Bertz CT molecular complexity index is 237. The second kappa shape index (κ2) is 2.64. The van der Waals surface area contributed by atoms with Crippen molar-refractivity contribution in [3.63, 3.8) is 0 Å². The fraction of sp³-hybridized carbons (Fsp3) is 0.750. The van der Waals surface area contributed by atoms with Gasteiger partial charge in [-0.15, -0.1) is 0 Å². The van der Waals surface area contributed by atoms with E-state index in [1.54, 1.807) is 0 Å². The van der Waals surface area contributed by atoms with E-state index < -0.39 is 0 Å². The van der Waals surface area contributed by atoms with E-state index in [0.717, 1.165) is 12.1 Å². The molecule has 60 valence electrons. The Hall–Kier alpha value is -0.860. The minimum atomic E-state index is 0.607. The van der Waals surface area contributed by atoms with Crippen LogP contribution in [-0.4, -0.2) is 15.0 Å². The second-order valence-corrected chi connectivity index (χ2v) is 3.09. The number of nitrogens with zero attached hydrogens (tertiary/aromatic N) is 3. The zero-order valence-corrected chi connectivity index (χ0v) is 6.82. The van der Waals surface area contributed by atoms with Gasteiger partial charge in [-0.05, 0) is 25.7 Å². The van der Waals surface area contributed by atoms with E-state index in [0.29, 0.717) is 6.04 Å². The van der Waals surface area contributed by atoms with Gasteiger partial charge in [0.15, 0.2) is 0 Å². The topological polar surface area (TPSA) is 30.7 Å². The predicted molar refractivity (Wildman–Crippen MR) is 42.3 cm³/mol. The van der Waals surface area contributed by atoms with Gasteiger partial charge in [0, 0.05) is 0 Å². The molecule has 0 spiro atoms. The normalized spacial score (nSPS) is 18.3. The van der Waals surface area contributed by atoms with Crippen molar-refractivity contribution in [3.05, 3.63) is 11.9 Å². The van der Waals surface area contributed by atoms with Gasteiger partial charge >= 0.3 is 0 Å². The fourth-order valence-electron chi connectivity index (χ4n) is 1.26. The summed E-state index contributed by atoms with van der Waals surface area (Å²) in [5, 5.41) is 8.57. The van der Waals surface area contributed by atoms with Gasteiger partial charge < -0.3 is 0 Å². The highest BCUT2D eigenvalue weighted by Gasteiger charge is 2.20. The minimum absolute atomic E-state index is 0.607. The summed E-state index contributed by atoms with van der Waals surface area (Å²) in [5.41, 5.74) is 1.11. The van der Waals surface area contributed by atoms with Gasteiger partial charge in [0.2, 0.25) is 0 Å². The molecule has 1 aliphatic carbocycles. The van der Waals surface area contributed by atoms with Gasteiger partial charge in [0.25, 0.3) is 0 Å². The molecule has 0 radical (unpaired) electrons. The first kappa shape index (κ1) is 6.83. The Balaban J connectivity index is 2.11. The van der Waals surface area contributed by atoms with Crippen LogP contribution in [0.3, 0.4) is 0 Å². The van der Waals surface area contributed by atoms with Crippen LogP contribution in [0.4, 0.5) is 0 Å². The molecule has 1 fully saturated rings. The van der Waals surface area contributed by atoms with Crippen LogP contribution in [0.2, 0.25) is 0 Å². The molecule has 0 atom stereocenters. The Morgan fingerprint density at radius 1 is 1.64 bits per heavy atom. The minimum Gasteiger partial charge on any atom is -0.182 e. The quantitative estimate of drug-likeness (QED) is 0.642. The number of hydrogen-bond acceptors (Lipinski definition) is 2. The molecule has 0 aliphatic heterocycles. The molecule has 0 aromatic carbocycles. The number of hydrogen-bond donors (Lipinski definition) is 0. The van der Waals surface area contributed by atoms with Crippen LogP contribution < -0.4 is 0 Å². The summed E-state index contributed by atoms with van der Waals surface area (Å²) in [5.74, 6) is 0. The van der Waals surface area contributed by atoms with Crippen LogP contribution in [0, 0.1) is 0 Å². The van der Waals surface area contributed by atoms with Crippen LogP contribution in [0.25, 0.3) is 0 Å². The van der Waals surface area contributed by atoms with Crippen LogP contribution in [0.15, 0.2) is 6.20 Å². The second-order valence-electron chi connectivity index (χ2n) is 3.09. The maximum atomic E-state index is 4.36. The fourth-order valence-corrected chi connectivity index (χ4v) is 1.26. The van der Waals surface area contributed by atoms with Crippen LogP contribution in [0.5, 0.6) is 0 Å². The molecule has 0 N–H and O–H groups in total. The summed E-state index contributed by atoms with van der Waals surface area (Å²) in [4.78, 5) is 1.88. The average Bonchev–Trinajstić information content (AvgIpc) is 2.32. The lowest BCUT2D eigenvalue weighted by Gasteiger charge is -2.23. The number of rotatable bonds is 2. The Morgan fingerprint density at radius 3 is 2.91 bits per heavy atom. The van der Waals surface area contributed by atoms with Crippen molar-refractivity contribution in [1.29, 1.82) is 0 Å². The highest BCUT2D eigenvalue weighted by molar-refractivity contribution is 4.91. The van der Waals surface area contributed by atoms with E-state index in [-0.39, 0.29) is 0 Å². The zero-order chi connectivity index (χ0) is 7.68. The third kappa shape index (κ3) is 1.15. The molecule has 1 heterocycles. The molecule has 1 aromatic heterocycles. The summed E-state index contributed by atoms with van der Waals surface area (Å²) >= 11 is 0. The highest BCUT2D eigenvalue weighted by Crippen LogP contribution is 2.29. The van der Waals surface area contributed by atoms with E-state index >= 15 is 0 Å². The Labute approximate surface area is 66.4 Å². The van der Waals surface area contributed by atoms with Crippen LogP contribution in [-0.2, 0) is 6.42 Å². The van der Waals surface area contributed by atoms with Gasteiger partial charge in [0.1, 0.15) is 0 Å². The molecule has 3 nitrogen and oxygen atoms in total. The van der Waals surface area contributed by atoms with Crippen molar-refractivity contribution in [2.24, 2.45) is 0 Å². The van der Waals surface area contributed by atoms with Crippen molar-refractivity contribution < 1.29 is 0 Å². The maximum absolute atomic E-state index is 4.36. The van der Waals surface area contributed by atoms with Gasteiger partial charge in [-0.3, -0.25) is 0 Å². The largest absolute Gasteiger partial charge is 0.182 e. The van der Waals surface area contributed by atoms with Crippen molar-refractivity contribution in [2.75, 3.05) is 0 Å². The summed E-state index contributed by atoms with van der Waals surface area (Å²) < 4.78 is 0. The molecule has 1 aliphatic rings. The van der Waals surface area contributed by atoms with Crippen molar-refractivity contribution in [1.82, 2.24) is 15.0 Å². The first-order valence-electron chi connectivity index (χ1n) is 4.31. The third-order valence-corrected chi connectivity index (χ3v) is 2.32. The maximum Gasteiger partial charge on any atom is 0.0824 e. The van der Waals surface area contributed by atoms with Crippen molar-refractivity contribution >= 4 is 0 Å². The molecule has 1 saturated carbocycles. The predicted octanol–water partition coefficient (Wildman–Crippen LogP) is 1.57. The average molecular weight is 151 g/mol. The lowest BCUT2D eigenvalue weighted by atomic mass is 9.94. The number of aromatic nitrogens is 3. The van der Waals surface area contributed by atoms with Gasteiger partial charge in [-0.25, -0.2) is 0 Å². The van der Waals surface area contributed by atoms with Crippen molar-refractivity contribution in [2.45, 2.75) is 38.6 Å². The molecule has 0 amide bonds. The molecule has 2 rings (SSSR count). The Morgan fingerprint density at radius 2 is 2.45 bits per heavy atom. The molecule has 11 heavy (non-hydrogen) atoms. The SMILES string of the molecule is CCc1cnn(C2CCC2)n1. The van der Waals surface area contributed by atoms with E-state index in [1.807, 2.05) is 11.0 Å². The third-order valence-electron chi connectivity index (χ3n) is 2.32. The van der Waals surface area contributed by atoms with Gasteiger partial charge in [0.05, 0.1) is 17.9 Å². The molecule has 0 saturated heterocycles. The lowest BCUT2D eigenvalue weighted by Crippen LogP contribution is -2.19. The molecular weight excluding hydrogens is 138 g/mol. The van der Waals surface area contributed by atoms with E-state index in [4.69, 9.17) is 0 Å². The molecular formula is C8H13N3. The van der Waals surface area contributed by atoms with Crippen LogP contribution in [0.1, 0.15) is 37.9 Å². The van der Waals surface area contributed by atoms with E-state index in [1.165, 1.54) is 19.3 Å². The summed E-state index contributed by atoms with van der Waals surface area (Å²) in [7, 11) is 0. The molecule has 0 bridgehead atoms. The summed E-state index contributed by atoms with van der Waals surface area (Å²) in [6.07, 6.45) is 6.73. The monoisotopic (exact) mass is 151 g/mol. The van der Waals surface area contributed by atoms with E-state index in [2.05, 4.69) is 17.1 Å². The summed E-state index contributed by atoms with van der Waals surface area (Å²) in [6, 6.07) is 0.607. The summed E-state index contributed by atoms with van der Waals surface area (Å²) in [6.45, 7) is 2.11. The first-order chi connectivity index (χ1) is 5.40. The molecule has 1 aromatic rings. The standard InChI is InChI=1S/C8H13N3/c1-2-7-6-9-11(10-7)8-4-3-5-8/h6,8H,2-5H2,1H3. The lowest BCUT2D eigenvalue weighted by molar-refractivity contribution is 0.261. The van der Waals surface area contributed by atoms with Gasteiger partial charge in [-0.2, -0.15) is 15.0 Å². The highest BCUT2D eigenvalue weighted by atomic mass is 15.5.